The van der Waals surface area contributed by atoms with Crippen LogP contribution in [-0.2, 0) is 26.3 Å². The van der Waals surface area contributed by atoms with E-state index in [-0.39, 0.29) is 43.1 Å². The van der Waals surface area contributed by atoms with Gasteiger partial charge in [0.1, 0.15) is 0 Å². The second-order valence-electron chi connectivity index (χ2n) is 8.72. The summed E-state index contributed by atoms with van der Waals surface area (Å²) in [4.78, 5) is 47.1. The predicted octanol–water partition coefficient (Wildman–Crippen LogP) is 1.30. The molecule has 2 aliphatic rings. The van der Waals surface area contributed by atoms with Gasteiger partial charge >= 0.3 is 0 Å². The number of hydrazine groups is 1. The van der Waals surface area contributed by atoms with Crippen LogP contribution in [0.5, 0.6) is 0 Å². The highest BCUT2D eigenvalue weighted by molar-refractivity contribution is 6.10. The molecule has 1 aromatic carbocycles. The third kappa shape index (κ3) is 4.28. The maximum atomic E-state index is 13.8. The number of nitrogens with zero attached hydrogens (tertiary/aromatic N) is 3. The first kappa shape index (κ1) is 22.1. The molecular weight excluding hydrogens is 406 g/mol. The Morgan fingerprint density at radius 3 is 2.66 bits per heavy atom. The number of hydrogen-bond donors (Lipinski definition) is 2. The second-order valence-corrected chi connectivity index (χ2v) is 8.72. The fourth-order valence-corrected chi connectivity index (χ4v) is 4.68. The first-order chi connectivity index (χ1) is 15.4. The summed E-state index contributed by atoms with van der Waals surface area (Å²) >= 11 is 0. The highest BCUT2D eigenvalue weighted by atomic mass is 16.2. The van der Waals surface area contributed by atoms with Gasteiger partial charge in [-0.05, 0) is 42.2 Å². The molecule has 2 fully saturated rings. The molecule has 3 heterocycles. The van der Waals surface area contributed by atoms with Crippen LogP contribution in [0.2, 0.25) is 0 Å². The zero-order valence-corrected chi connectivity index (χ0v) is 18.5. The van der Waals surface area contributed by atoms with Crippen LogP contribution in [0.25, 0.3) is 0 Å². The van der Waals surface area contributed by atoms with Crippen molar-refractivity contribution < 1.29 is 14.4 Å². The smallest absolute Gasteiger partial charge is 0.241 e. The first-order valence-electron chi connectivity index (χ1n) is 10.9. The molecule has 0 saturated carbocycles. The fraction of sp³-hybridized carbons (Fsp3) is 0.417. The molecule has 8 heteroatoms. The van der Waals surface area contributed by atoms with Crippen molar-refractivity contribution in [3.05, 3.63) is 65.5 Å². The minimum Gasteiger partial charge on any atom is -0.344 e. The van der Waals surface area contributed by atoms with E-state index in [0.29, 0.717) is 6.54 Å². The normalized spacial score (nSPS) is 23.1. The molecule has 2 aromatic rings. The van der Waals surface area contributed by atoms with Gasteiger partial charge in [0.15, 0.2) is 0 Å². The summed E-state index contributed by atoms with van der Waals surface area (Å²) in [7, 11) is 1.75. The van der Waals surface area contributed by atoms with Crippen molar-refractivity contribution in [3.8, 4) is 0 Å². The van der Waals surface area contributed by atoms with Crippen LogP contribution >= 0.6 is 0 Å². The second kappa shape index (κ2) is 9.18. The van der Waals surface area contributed by atoms with E-state index in [0.717, 1.165) is 29.7 Å². The molecule has 168 valence electrons. The van der Waals surface area contributed by atoms with Gasteiger partial charge in [0.05, 0.1) is 12.0 Å². The molecule has 8 nitrogen and oxygen atoms in total. The number of hydrogen-bond acceptors (Lipinski definition) is 6. The molecule has 2 N–H and O–H groups in total. The van der Waals surface area contributed by atoms with Crippen molar-refractivity contribution in [1.29, 1.82) is 0 Å². The first-order valence-corrected chi connectivity index (χ1v) is 10.9. The van der Waals surface area contributed by atoms with E-state index in [1.54, 1.807) is 36.5 Å². The fourth-order valence-electron chi connectivity index (χ4n) is 4.68. The van der Waals surface area contributed by atoms with E-state index in [4.69, 9.17) is 0 Å². The Morgan fingerprint density at radius 1 is 1.22 bits per heavy atom. The SMILES string of the molecule is Cc1ccccc1C1(CC(=O)N(C)CC2CCNN2)CC(=O)N(Cc2ccncc2)C1=O. The van der Waals surface area contributed by atoms with Crippen molar-refractivity contribution in [2.45, 2.75) is 44.2 Å². The topological polar surface area (TPSA) is 94.6 Å². The summed E-state index contributed by atoms with van der Waals surface area (Å²) in [6.07, 6.45) is 4.16. The Balaban J connectivity index is 1.63. The Hall–Kier alpha value is -3.10. The number of aromatic nitrogens is 1. The molecule has 4 rings (SSSR count). The van der Waals surface area contributed by atoms with Gasteiger partial charge in [-0.3, -0.25) is 35.1 Å². The van der Waals surface area contributed by atoms with Crippen molar-refractivity contribution >= 4 is 17.7 Å². The number of carbonyl (C=O) groups is 3. The standard InChI is InChI=1S/C24H29N5O3/c1-17-5-3-4-6-20(17)24(13-21(30)28(2)16-19-9-12-26-27-19)14-22(31)29(23(24)32)15-18-7-10-25-11-8-18/h3-8,10-11,19,26-27H,9,12-16H2,1-2H3. The lowest BCUT2D eigenvalue weighted by Gasteiger charge is -2.31. The lowest BCUT2D eigenvalue weighted by Crippen LogP contribution is -2.45. The number of pyridine rings is 1. The van der Waals surface area contributed by atoms with Gasteiger partial charge < -0.3 is 4.90 Å². The summed E-state index contributed by atoms with van der Waals surface area (Å²) in [5.41, 5.74) is 7.51. The summed E-state index contributed by atoms with van der Waals surface area (Å²) in [6.45, 7) is 3.49. The molecule has 32 heavy (non-hydrogen) atoms. The highest BCUT2D eigenvalue weighted by Gasteiger charge is 2.54. The molecular formula is C24H29N5O3. The quantitative estimate of drug-likeness (QED) is 0.637. The number of likely N-dealkylation sites (tertiary alicyclic amines) is 1. The number of rotatable bonds is 7. The van der Waals surface area contributed by atoms with Crippen LogP contribution in [0.15, 0.2) is 48.8 Å². The van der Waals surface area contributed by atoms with Crippen molar-refractivity contribution in [2.75, 3.05) is 20.1 Å². The number of aryl methyl sites for hydroxylation is 1. The largest absolute Gasteiger partial charge is 0.344 e. The Morgan fingerprint density at radius 2 is 1.97 bits per heavy atom. The molecule has 0 aliphatic carbocycles. The molecule has 0 spiro atoms. The molecule has 3 amide bonds. The van der Waals surface area contributed by atoms with Gasteiger partial charge in [-0.25, -0.2) is 0 Å². The lowest BCUT2D eigenvalue weighted by molar-refractivity contribution is -0.143. The number of benzene rings is 1. The molecule has 0 radical (unpaired) electrons. The molecule has 2 unspecified atom stereocenters. The van der Waals surface area contributed by atoms with E-state index in [2.05, 4.69) is 15.8 Å². The van der Waals surface area contributed by atoms with Crippen LogP contribution in [-0.4, -0.2) is 58.7 Å². The Kier molecular flexibility index (Phi) is 6.34. The summed E-state index contributed by atoms with van der Waals surface area (Å²) in [5.74, 6) is -0.711. The maximum Gasteiger partial charge on any atom is 0.241 e. The maximum absolute atomic E-state index is 13.8. The molecule has 2 saturated heterocycles. The van der Waals surface area contributed by atoms with E-state index in [9.17, 15) is 14.4 Å². The van der Waals surface area contributed by atoms with Crippen LogP contribution < -0.4 is 10.9 Å². The van der Waals surface area contributed by atoms with Crippen LogP contribution in [0, 0.1) is 6.92 Å². The average molecular weight is 436 g/mol. The van der Waals surface area contributed by atoms with Gasteiger partial charge in [-0.1, -0.05) is 24.3 Å². The molecule has 1 aromatic heterocycles. The molecule has 2 atom stereocenters. The minimum atomic E-state index is -1.19. The number of carbonyl (C=O) groups excluding carboxylic acids is 3. The third-order valence-electron chi connectivity index (χ3n) is 6.46. The van der Waals surface area contributed by atoms with Crippen LogP contribution in [0.4, 0.5) is 0 Å². The monoisotopic (exact) mass is 435 g/mol. The summed E-state index contributed by atoms with van der Waals surface area (Å²) in [6, 6.07) is 11.3. The van der Waals surface area contributed by atoms with Gasteiger partial charge in [0.25, 0.3) is 0 Å². The zero-order valence-electron chi connectivity index (χ0n) is 18.5. The van der Waals surface area contributed by atoms with Crippen LogP contribution in [0.3, 0.4) is 0 Å². The van der Waals surface area contributed by atoms with E-state index >= 15 is 0 Å². The van der Waals surface area contributed by atoms with Crippen LogP contribution in [0.1, 0.15) is 36.0 Å². The van der Waals surface area contributed by atoms with Gasteiger partial charge in [0, 0.05) is 51.4 Å². The van der Waals surface area contributed by atoms with E-state index in [1.807, 2.05) is 31.2 Å². The van der Waals surface area contributed by atoms with Crippen molar-refractivity contribution in [2.24, 2.45) is 0 Å². The predicted molar refractivity (Wildman–Crippen MR) is 119 cm³/mol. The van der Waals surface area contributed by atoms with Crippen molar-refractivity contribution in [3.63, 3.8) is 0 Å². The van der Waals surface area contributed by atoms with E-state index < -0.39 is 5.41 Å². The minimum absolute atomic E-state index is 0.00934. The Labute approximate surface area is 188 Å². The number of likely N-dealkylation sites (N-methyl/N-ethyl adjacent to an activating group) is 1. The highest BCUT2D eigenvalue weighted by Crippen LogP contribution is 2.42. The lowest BCUT2D eigenvalue weighted by atomic mass is 9.74. The molecule has 2 aliphatic heterocycles. The van der Waals surface area contributed by atoms with Gasteiger partial charge in [0.2, 0.25) is 17.7 Å². The third-order valence-corrected chi connectivity index (χ3v) is 6.46. The average Bonchev–Trinajstić information content (AvgIpc) is 3.37. The van der Waals surface area contributed by atoms with E-state index in [1.165, 1.54) is 4.90 Å². The molecule has 0 bridgehead atoms. The van der Waals surface area contributed by atoms with Crippen molar-refractivity contribution in [1.82, 2.24) is 25.6 Å². The number of imide groups is 1. The Bertz CT molecular complexity index is 1010. The summed E-state index contributed by atoms with van der Waals surface area (Å²) in [5, 5.41) is 0. The zero-order chi connectivity index (χ0) is 22.7. The van der Waals surface area contributed by atoms with Gasteiger partial charge in [-0.15, -0.1) is 0 Å². The summed E-state index contributed by atoms with van der Waals surface area (Å²) < 4.78 is 0. The number of nitrogens with one attached hydrogen (secondary N) is 2. The number of amides is 3. The van der Waals surface area contributed by atoms with Gasteiger partial charge in [-0.2, -0.15) is 0 Å².